The summed E-state index contributed by atoms with van der Waals surface area (Å²) in [5, 5.41) is 14.0. The smallest absolute Gasteiger partial charge is 0.320 e. The van der Waals surface area contributed by atoms with E-state index in [4.69, 9.17) is 11.5 Å². The third kappa shape index (κ3) is 4.72. The van der Waals surface area contributed by atoms with Gasteiger partial charge in [-0.3, -0.25) is 4.79 Å². The molecule has 19 heavy (non-hydrogen) atoms. The van der Waals surface area contributed by atoms with Crippen molar-refractivity contribution in [1.29, 1.82) is 0 Å². The second kappa shape index (κ2) is 7.07. The fourth-order valence-corrected chi connectivity index (χ4v) is 1.54. The van der Waals surface area contributed by atoms with E-state index in [1.165, 1.54) is 0 Å². The van der Waals surface area contributed by atoms with Crippen molar-refractivity contribution in [2.24, 2.45) is 0 Å². The van der Waals surface area contributed by atoms with Crippen LogP contribution in [0.25, 0.3) is 0 Å². The normalized spacial score (nSPS) is 11.2. The van der Waals surface area contributed by atoms with E-state index in [9.17, 15) is 9.59 Å². The molecule has 100 valence electrons. The molecule has 0 heterocycles. The van der Waals surface area contributed by atoms with Crippen LogP contribution in [0.15, 0.2) is 24.3 Å². The number of amides is 2. The van der Waals surface area contributed by atoms with Gasteiger partial charge in [-0.05, 0) is 18.1 Å². The first-order valence-electron chi connectivity index (χ1n) is 5.90. The molecule has 0 aromatic heterocycles. The fourth-order valence-electron chi connectivity index (χ4n) is 1.54. The first kappa shape index (κ1) is 14.6. The van der Waals surface area contributed by atoms with Crippen LogP contribution in [0.3, 0.4) is 0 Å². The second-order valence-corrected chi connectivity index (χ2v) is 3.95. The molecule has 0 aliphatic heterocycles. The lowest BCUT2D eigenvalue weighted by Gasteiger charge is -2.13. The van der Waals surface area contributed by atoms with Gasteiger partial charge in [-0.1, -0.05) is 31.0 Å². The average molecular weight is 260 g/mol. The SMILES string of the molecule is C#CC(CC)NC(=O)Nc1ccccc1CC(=O)O. The van der Waals surface area contributed by atoms with Crippen molar-refractivity contribution >= 4 is 17.7 Å². The molecule has 1 atom stereocenters. The number of rotatable bonds is 5. The molecule has 5 heteroatoms. The zero-order valence-electron chi connectivity index (χ0n) is 10.6. The number of aliphatic carboxylic acids is 1. The minimum Gasteiger partial charge on any atom is -0.481 e. The van der Waals surface area contributed by atoms with Crippen LogP contribution < -0.4 is 10.6 Å². The Morgan fingerprint density at radius 2 is 2.11 bits per heavy atom. The molecule has 2 amide bonds. The maximum absolute atomic E-state index is 11.7. The van der Waals surface area contributed by atoms with Crippen molar-refractivity contribution in [2.45, 2.75) is 25.8 Å². The van der Waals surface area contributed by atoms with Crippen LogP contribution in [0.1, 0.15) is 18.9 Å². The van der Waals surface area contributed by atoms with Crippen LogP contribution in [0.2, 0.25) is 0 Å². The summed E-state index contributed by atoms with van der Waals surface area (Å²) >= 11 is 0. The number of anilines is 1. The predicted molar refractivity (Wildman–Crippen MR) is 72.8 cm³/mol. The summed E-state index contributed by atoms with van der Waals surface area (Å²) in [5.74, 6) is 1.50. The molecular weight excluding hydrogens is 244 g/mol. The maximum Gasteiger partial charge on any atom is 0.320 e. The first-order chi connectivity index (χ1) is 9.06. The zero-order valence-corrected chi connectivity index (χ0v) is 10.6. The summed E-state index contributed by atoms with van der Waals surface area (Å²) in [7, 11) is 0. The molecular formula is C14H16N2O3. The highest BCUT2D eigenvalue weighted by Gasteiger charge is 2.11. The van der Waals surface area contributed by atoms with Crippen molar-refractivity contribution < 1.29 is 14.7 Å². The van der Waals surface area contributed by atoms with Crippen molar-refractivity contribution in [3.05, 3.63) is 29.8 Å². The Hall–Kier alpha value is -2.48. The van der Waals surface area contributed by atoms with E-state index in [1.807, 2.05) is 6.92 Å². The standard InChI is InChI=1S/C14H16N2O3/c1-3-11(4-2)15-14(19)16-12-8-6-5-7-10(12)9-13(17)18/h1,5-8,11H,4,9H2,2H3,(H,17,18)(H2,15,16,19). The van der Waals surface area contributed by atoms with Crippen LogP contribution in [0, 0.1) is 12.3 Å². The van der Waals surface area contributed by atoms with Crippen LogP contribution in [0.5, 0.6) is 0 Å². The van der Waals surface area contributed by atoms with Gasteiger partial charge in [-0.25, -0.2) is 4.79 Å². The van der Waals surface area contributed by atoms with E-state index < -0.39 is 12.0 Å². The average Bonchev–Trinajstić information content (AvgIpc) is 2.37. The zero-order chi connectivity index (χ0) is 14.3. The Kier molecular flexibility index (Phi) is 5.42. The fraction of sp³-hybridized carbons (Fsp3) is 0.286. The van der Waals surface area contributed by atoms with Crippen LogP contribution >= 0.6 is 0 Å². The maximum atomic E-state index is 11.7. The van der Waals surface area contributed by atoms with Gasteiger partial charge in [0.1, 0.15) is 0 Å². The molecule has 3 N–H and O–H groups in total. The van der Waals surface area contributed by atoms with Crippen molar-refractivity contribution in [2.75, 3.05) is 5.32 Å². The molecule has 0 spiro atoms. The van der Waals surface area contributed by atoms with Crippen molar-refractivity contribution in [1.82, 2.24) is 5.32 Å². The van der Waals surface area contributed by atoms with E-state index in [0.29, 0.717) is 17.7 Å². The van der Waals surface area contributed by atoms with Gasteiger partial charge in [0.25, 0.3) is 0 Å². The largest absolute Gasteiger partial charge is 0.481 e. The van der Waals surface area contributed by atoms with Gasteiger partial charge in [0.05, 0.1) is 12.5 Å². The number of terminal acetylenes is 1. The van der Waals surface area contributed by atoms with Gasteiger partial charge in [0.15, 0.2) is 0 Å². The monoisotopic (exact) mass is 260 g/mol. The van der Waals surface area contributed by atoms with Crippen molar-refractivity contribution in [3.8, 4) is 12.3 Å². The van der Waals surface area contributed by atoms with E-state index in [-0.39, 0.29) is 12.5 Å². The second-order valence-electron chi connectivity index (χ2n) is 3.95. The number of carbonyl (C=O) groups is 2. The number of carboxylic acids is 1. The number of hydrogen-bond acceptors (Lipinski definition) is 2. The highest BCUT2D eigenvalue weighted by atomic mass is 16.4. The first-order valence-corrected chi connectivity index (χ1v) is 5.90. The molecule has 0 saturated carbocycles. The highest BCUT2D eigenvalue weighted by molar-refractivity contribution is 5.91. The van der Waals surface area contributed by atoms with E-state index >= 15 is 0 Å². The summed E-state index contributed by atoms with van der Waals surface area (Å²) in [6, 6.07) is 5.96. The summed E-state index contributed by atoms with van der Waals surface area (Å²) in [6.07, 6.45) is 5.73. The minimum absolute atomic E-state index is 0.150. The molecule has 0 bridgehead atoms. The van der Waals surface area contributed by atoms with Gasteiger partial charge in [0.2, 0.25) is 0 Å². The van der Waals surface area contributed by atoms with E-state index in [1.54, 1.807) is 24.3 Å². The van der Waals surface area contributed by atoms with E-state index in [0.717, 1.165) is 0 Å². The van der Waals surface area contributed by atoms with Crippen LogP contribution in [-0.2, 0) is 11.2 Å². The lowest BCUT2D eigenvalue weighted by atomic mass is 10.1. The number of carboxylic acid groups (broad SMARTS) is 1. The number of hydrogen-bond donors (Lipinski definition) is 3. The summed E-state index contributed by atoms with van der Waals surface area (Å²) in [6.45, 7) is 1.86. The molecule has 1 rings (SSSR count). The predicted octanol–water partition coefficient (Wildman–Crippen LogP) is 1.85. The molecule has 0 aliphatic rings. The lowest BCUT2D eigenvalue weighted by molar-refractivity contribution is -0.136. The van der Waals surface area contributed by atoms with Gasteiger partial charge in [0, 0.05) is 5.69 Å². The molecule has 0 aliphatic carbocycles. The van der Waals surface area contributed by atoms with Gasteiger partial charge >= 0.3 is 12.0 Å². The summed E-state index contributed by atoms with van der Waals surface area (Å²) < 4.78 is 0. The molecule has 1 aromatic rings. The Bertz CT molecular complexity index is 506. The van der Waals surface area contributed by atoms with Crippen LogP contribution in [-0.4, -0.2) is 23.1 Å². The Morgan fingerprint density at radius 1 is 1.42 bits per heavy atom. The molecule has 0 radical (unpaired) electrons. The molecule has 0 fully saturated rings. The van der Waals surface area contributed by atoms with Crippen LogP contribution in [0.4, 0.5) is 10.5 Å². The van der Waals surface area contributed by atoms with E-state index in [2.05, 4.69) is 16.6 Å². The third-order valence-electron chi connectivity index (χ3n) is 2.52. The Balaban J connectivity index is 2.74. The lowest BCUT2D eigenvalue weighted by Crippen LogP contribution is -2.36. The number of urea groups is 1. The number of carbonyl (C=O) groups excluding carboxylic acids is 1. The third-order valence-corrected chi connectivity index (χ3v) is 2.52. The van der Waals surface area contributed by atoms with Gasteiger partial charge < -0.3 is 15.7 Å². The molecule has 5 nitrogen and oxygen atoms in total. The van der Waals surface area contributed by atoms with Gasteiger partial charge in [-0.15, -0.1) is 6.42 Å². The Morgan fingerprint density at radius 3 is 2.68 bits per heavy atom. The topological polar surface area (TPSA) is 78.4 Å². The number of benzene rings is 1. The quantitative estimate of drug-likeness (QED) is 0.707. The number of nitrogens with one attached hydrogen (secondary N) is 2. The molecule has 1 unspecified atom stereocenters. The molecule has 0 saturated heterocycles. The summed E-state index contributed by atoms with van der Waals surface area (Å²) in [4.78, 5) is 22.4. The van der Waals surface area contributed by atoms with Crippen molar-refractivity contribution in [3.63, 3.8) is 0 Å². The minimum atomic E-state index is -0.954. The molecule has 1 aromatic carbocycles. The number of para-hydroxylation sites is 1. The Labute approximate surface area is 112 Å². The summed E-state index contributed by atoms with van der Waals surface area (Å²) in [5.41, 5.74) is 1.01. The van der Waals surface area contributed by atoms with Gasteiger partial charge in [-0.2, -0.15) is 0 Å². The highest BCUT2D eigenvalue weighted by Crippen LogP contribution is 2.15.